The molecular weight excluding hydrogens is 504 g/mol. The monoisotopic (exact) mass is 522 g/mol. The summed E-state index contributed by atoms with van der Waals surface area (Å²) >= 11 is 5.79. The molecule has 0 aliphatic rings. The standard InChI is InChI=1S/C18H19ClN2O10S2/c19-17-8-5-13(9-18(17)21(24)25)15(11-33(29,30)31)2-1-14(10-32(26,27)28)12-3-6-16(7-4-12)20(22)23/h3-9,14-15H,1-2,10-11H2,(H,26,27,28)(H,29,30,31)/t14-,15-/m1/s1. The smallest absolute Gasteiger partial charge is 0.286 e. The van der Waals surface area contributed by atoms with E-state index in [9.17, 15) is 46.2 Å². The first-order valence-electron chi connectivity index (χ1n) is 9.25. The number of benzene rings is 2. The third kappa shape index (κ3) is 8.33. The van der Waals surface area contributed by atoms with Crippen molar-refractivity contribution in [2.24, 2.45) is 0 Å². The molecule has 0 heterocycles. The Hall–Kier alpha value is -2.65. The maximum absolute atomic E-state index is 11.5. The summed E-state index contributed by atoms with van der Waals surface area (Å²) in [6.07, 6.45) is -0.0933. The van der Waals surface area contributed by atoms with Crippen molar-refractivity contribution in [3.63, 3.8) is 0 Å². The summed E-state index contributed by atoms with van der Waals surface area (Å²) in [5.74, 6) is -3.40. The Bertz CT molecular complexity index is 1250. The number of hydrogen-bond donors (Lipinski definition) is 2. The largest absolute Gasteiger partial charge is 0.288 e. The summed E-state index contributed by atoms with van der Waals surface area (Å²) in [4.78, 5) is 20.6. The molecule has 0 aliphatic carbocycles. The van der Waals surface area contributed by atoms with Crippen LogP contribution in [0.1, 0.15) is 35.8 Å². The van der Waals surface area contributed by atoms with Crippen LogP contribution in [0, 0.1) is 20.2 Å². The molecule has 2 atom stereocenters. The molecule has 2 aromatic rings. The van der Waals surface area contributed by atoms with Crippen molar-refractivity contribution in [2.45, 2.75) is 24.7 Å². The third-order valence-electron chi connectivity index (χ3n) is 4.90. The molecule has 33 heavy (non-hydrogen) atoms. The lowest BCUT2D eigenvalue weighted by molar-refractivity contribution is -0.385. The highest BCUT2D eigenvalue weighted by Gasteiger charge is 2.26. The van der Waals surface area contributed by atoms with Crippen LogP contribution in [0.25, 0.3) is 0 Å². The average Bonchev–Trinajstić information content (AvgIpc) is 2.68. The number of rotatable bonds is 11. The Labute approximate surface area is 194 Å². The van der Waals surface area contributed by atoms with E-state index in [0.717, 1.165) is 18.2 Å². The van der Waals surface area contributed by atoms with Gasteiger partial charge >= 0.3 is 0 Å². The van der Waals surface area contributed by atoms with Crippen LogP contribution in [0.3, 0.4) is 0 Å². The van der Waals surface area contributed by atoms with E-state index >= 15 is 0 Å². The van der Waals surface area contributed by atoms with Crippen molar-refractivity contribution >= 4 is 43.2 Å². The van der Waals surface area contributed by atoms with E-state index in [0.29, 0.717) is 5.56 Å². The summed E-state index contributed by atoms with van der Waals surface area (Å²) in [6, 6.07) is 8.58. The number of hydrogen-bond acceptors (Lipinski definition) is 8. The Morgan fingerprint density at radius 1 is 0.788 bits per heavy atom. The molecule has 0 saturated carbocycles. The zero-order valence-electron chi connectivity index (χ0n) is 16.8. The first-order chi connectivity index (χ1) is 15.2. The van der Waals surface area contributed by atoms with Crippen molar-refractivity contribution in [3.05, 3.63) is 78.8 Å². The van der Waals surface area contributed by atoms with Crippen molar-refractivity contribution in [1.29, 1.82) is 0 Å². The van der Waals surface area contributed by atoms with Gasteiger partial charge in [0.1, 0.15) is 5.02 Å². The molecule has 2 rings (SSSR count). The van der Waals surface area contributed by atoms with Gasteiger partial charge in [0.25, 0.3) is 31.6 Å². The normalized spacial score (nSPS) is 13.9. The highest BCUT2D eigenvalue weighted by Crippen LogP contribution is 2.34. The van der Waals surface area contributed by atoms with Crippen LogP contribution >= 0.6 is 11.6 Å². The average molecular weight is 523 g/mol. The number of nitrogens with zero attached hydrogens (tertiary/aromatic N) is 2. The fourth-order valence-electron chi connectivity index (χ4n) is 3.40. The van der Waals surface area contributed by atoms with E-state index in [1.54, 1.807) is 0 Å². The first-order valence-corrected chi connectivity index (χ1v) is 12.8. The predicted octanol–water partition coefficient (Wildman–Crippen LogP) is 3.58. The lowest BCUT2D eigenvalue weighted by atomic mass is 9.89. The summed E-state index contributed by atoms with van der Waals surface area (Å²) in [5, 5.41) is 21.8. The Morgan fingerprint density at radius 2 is 1.24 bits per heavy atom. The molecule has 0 aliphatic heterocycles. The Morgan fingerprint density at radius 3 is 1.67 bits per heavy atom. The van der Waals surface area contributed by atoms with E-state index < -0.39 is 59.1 Å². The van der Waals surface area contributed by atoms with Crippen molar-refractivity contribution in [2.75, 3.05) is 11.5 Å². The Balaban J connectivity index is 2.39. The van der Waals surface area contributed by atoms with E-state index in [2.05, 4.69) is 0 Å². The van der Waals surface area contributed by atoms with Gasteiger partial charge in [-0.1, -0.05) is 29.8 Å². The van der Waals surface area contributed by atoms with Gasteiger partial charge in [0.05, 0.1) is 21.4 Å². The maximum Gasteiger partial charge on any atom is 0.288 e. The molecule has 12 nitrogen and oxygen atoms in total. The fraction of sp³-hybridized carbons (Fsp3) is 0.333. The second-order valence-corrected chi connectivity index (χ2v) is 10.7. The zero-order valence-corrected chi connectivity index (χ0v) is 19.2. The highest BCUT2D eigenvalue weighted by atomic mass is 35.5. The van der Waals surface area contributed by atoms with Gasteiger partial charge in [-0.05, 0) is 30.0 Å². The molecular formula is C18H19ClN2O10S2. The second kappa shape index (κ2) is 10.5. The summed E-state index contributed by atoms with van der Waals surface area (Å²) < 4.78 is 64.8. The van der Waals surface area contributed by atoms with E-state index in [-0.39, 0.29) is 29.1 Å². The van der Waals surface area contributed by atoms with Gasteiger partial charge in [-0.15, -0.1) is 0 Å². The van der Waals surface area contributed by atoms with E-state index in [1.165, 1.54) is 24.3 Å². The van der Waals surface area contributed by atoms with Crippen LogP contribution in [-0.4, -0.2) is 47.3 Å². The van der Waals surface area contributed by atoms with Crippen LogP contribution in [0.15, 0.2) is 42.5 Å². The van der Waals surface area contributed by atoms with Gasteiger partial charge in [-0.2, -0.15) is 16.8 Å². The van der Waals surface area contributed by atoms with E-state index in [1.807, 2.05) is 0 Å². The van der Waals surface area contributed by atoms with Crippen LogP contribution in [0.4, 0.5) is 11.4 Å². The third-order valence-corrected chi connectivity index (χ3v) is 6.87. The molecule has 0 amide bonds. The van der Waals surface area contributed by atoms with Gasteiger partial charge in [0.2, 0.25) is 0 Å². The molecule has 2 N–H and O–H groups in total. The van der Waals surface area contributed by atoms with Gasteiger partial charge in [0.15, 0.2) is 0 Å². The molecule has 0 radical (unpaired) electrons. The lowest BCUT2D eigenvalue weighted by Crippen LogP contribution is -2.18. The minimum Gasteiger partial charge on any atom is -0.286 e. The van der Waals surface area contributed by atoms with Gasteiger partial charge in [0, 0.05) is 30.0 Å². The van der Waals surface area contributed by atoms with Crippen LogP contribution < -0.4 is 0 Å². The summed E-state index contributed by atoms with van der Waals surface area (Å²) in [6.45, 7) is 0. The van der Waals surface area contributed by atoms with Crippen molar-refractivity contribution in [3.8, 4) is 0 Å². The second-order valence-electron chi connectivity index (χ2n) is 7.28. The molecule has 0 bridgehead atoms. The predicted molar refractivity (Wildman–Crippen MR) is 119 cm³/mol. The van der Waals surface area contributed by atoms with Gasteiger partial charge in [-0.3, -0.25) is 29.3 Å². The number of nitro benzene ring substituents is 2. The molecule has 180 valence electrons. The SMILES string of the molecule is O=[N+]([O-])c1ccc([C@H](CC[C@H](CS(=O)(=O)O)c2ccc(Cl)c([N+](=O)[O-])c2)CS(=O)(=O)O)cc1. The molecule has 15 heteroatoms. The molecule has 0 spiro atoms. The topological polar surface area (TPSA) is 195 Å². The molecule has 0 unspecified atom stereocenters. The highest BCUT2D eigenvalue weighted by molar-refractivity contribution is 7.86. The maximum atomic E-state index is 11.5. The number of halogens is 1. The molecule has 2 aromatic carbocycles. The summed E-state index contributed by atoms with van der Waals surface area (Å²) in [7, 11) is -9.00. The summed E-state index contributed by atoms with van der Waals surface area (Å²) in [5.41, 5.74) is -0.189. The number of non-ortho nitro benzene ring substituents is 1. The Kier molecular flexibility index (Phi) is 8.48. The zero-order chi connectivity index (χ0) is 25.0. The quantitative estimate of drug-likeness (QED) is 0.250. The molecule has 0 aromatic heterocycles. The van der Waals surface area contributed by atoms with Crippen molar-refractivity contribution in [1.82, 2.24) is 0 Å². The van der Waals surface area contributed by atoms with Crippen LogP contribution in [0.5, 0.6) is 0 Å². The van der Waals surface area contributed by atoms with Crippen molar-refractivity contribution < 1.29 is 35.8 Å². The van der Waals surface area contributed by atoms with Gasteiger partial charge in [-0.25, -0.2) is 0 Å². The fourth-order valence-corrected chi connectivity index (χ4v) is 5.32. The minimum atomic E-state index is -4.52. The number of nitro groups is 2. The minimum absolute atomic E-state index is 0.0335. The van der Waals surface area contributed by atoms with Gasteiger partial charge < -0.3 is 0 Å². The van der Waals surface area contributed by atoms with Crippen LogP contribution in [0.2, 0.25) is 5.02 Å². The first kappa shape index (κ1) is 26.6. The molecule has 0 fully saturated rings. The van der Waals surface area contributed by atoms with Crippen LogP contribution in [-0.2, 0) is 20.2 Å². The molecule has 0 saturated heterocycles. The van der Waals surface area contributed by atoms with E-state index in [4.69, 9.17) is 11.6 Å². The lowest BCUT2D eigenvalue weighted by Gasteiger charge is -2.21.